The standard InChI is InChI=1S/C16H17BO4/c1-15(2)16(3,4)21-17(20-15)12-9-13(18)10-7-5-6-8-11(10)14(12)19/h5-9H,1-4H3. The second-order valence-electron chi connectivity index (χ2n) is 6.43. The number of benzene rings is 1. The second kappa shape index (κ2) is 4.39. The largest absolute Gasteiger partial charge is 0.499 e. The van der Waals surface area contributed by atoms with E-state index >= 15 is 0 Å². The molecule has 1 aliphatic heterocycles. The Morgan fingerprint density at radius 3 is 2.00 bits per heavy atom. The lowest BCUT2D eigenvalue weighted by atomic mass is 9.70. The van der Waals surface area contributed by atoms with Gasteiger partial charge in [0.1, 0.15) is 0 Å². The van der Waals surface area contributed by atoms with Crippen LogP contribution in [0.15, 0.2) is 35.8 Å². The summed E-state index contributed by atoms with van der Waals surface area (Å²) < 4.78 is 11.7. The summed E-state index contributed by atoms with van der Waals surface area (Å²) in [6.07, 6.45) is 1.34. The Labute approximate surface area is 124 Å². The highest BCUT2D eigenvalue weighted by Gasteiger charge is 2.54. The Morgan fingerprint density at radius 2 is 1.43 bits per heavy atom. The summed E-state index contributed by atoms with van der Waals surface area (Å²) in [5.74, 6) is -0.390. The molecule has 1 aromatic rings. The number of carbonyl (C=O) groups is 2. The van der Waals surface area contributed by atoms with Crippen LogP contribution < -0.4 is 0 Å². The van der Waals surface area contributed by atoms with Gasteiger partial charge in [0.15, 0.2) is 11.6 Å². The van der Waals surface area contributed by atoms with Crippen molar-refractivity contribution in [3.05, 3.63) is 46.9 Å². The molecule has 1 aliphatic carbocycles. The van der Waals surface area contributed by atoms with E-state index in [-0.39, 0.29) is 17.0 Å². The van der Waals surface area contributed by atoms with Gasteiger partial charge in [0.25, 0.3) is 0 Å². The van der Waals surface area contributed by atoms with E-state index in [9.17, 15) is 9.59 Å². The van der Waals surface area contributed by atoms with Crippen LogP contribution in [0.5, 0.6) is 0 Å². The quantitative estimate of drug-likeness (QED) is 0.744. The van der Waals surface area contributed by atoms with Gasteiger partial charge >= 0.3 is 7.12 Å². The van der Waals surface area contributed by atoms with E-state index in [1.54, 1.807) is 24.3 Å². The fourth-order valence-corrected chi connectivity index (χ4v) is 2.48. The van der Waals surface area contributed by atoms with Crippen LogP contribution in [0.3, 0.4) is 0 Å². The van der Waals surface area contributed by atoms with Gasteiger partial charge in [-0.15, -0.1) is 0 Å². The zero-order valence-electron chi connectivity index (χ0n) is 12.6. The fraction of sp³-hybridized carbons (Fsp3) is 0.375. The minimum atomic E-state index is -0.806. The van der Waals surface area contributed by atoms with Crippen molar-refractivity contribution in [2.45, 2.75) is 38.9 Å². The van der Waals surface area contributed by atoms with Crippen molar-refractivity contribution in [2.24, 2.45) is 0 Å². The number of hydrogen-bond acceptors (Lipinski definition) is 4. The van der Waals surface area contributed by atoms with E-state index in [2.05, 4.69) is 0 Å². The predicted octanol–water partition coefficient (Wildman–Crippen LogP) is 2.62. The molecule has 108 valence electrons. The first-order valence-corrected chi connectivity index (χ1v) is 6.98. The molecule has 0 spiro atoms. The lowest BCUT2D eigenvalue weighted by molar-refractivity contribution is 0.00578. The molecule has 0 unspecified atom stereocenters. The molecule has 0 bridgehead atoms. The van der Waals surface area contributed by atoms with Crippen molar-refractivity contribution in [1.29, 1.82) is 0 Å². The summed E-state index contributed by atoms with van der Waals surface area (Å²) in [5, 5.41) is 0. The number of ketones is 2. The van der Waals surface area contributed by atoms with Crippen molar-refractivity contribution in [1.82, 2.24) is 0 Å². The zero-order valence-corrected chi connectivity index (χ0v) is 12.6. The van der Waals surface area contributed by atoms with Crippen LogP contribution in [0.1, 0.15) is 48.4 Å². The van der Waals surface area contributed by atoms with Crippen molar-refractivity contribution in [3.8, 4) is 0 Å². The third-order valence-corrected chi connectivity index (χ3v) is 4.49. The summed E-state index contributed by atoms with van der Waals surface area (Å²) >= 11 is 0. The molecular formula is C16H17BO4. The van der Waals surface area contributed by atoms with Gasteiger partial charge in [-0.1, -0.05) is 24.3 Å². The number of Topliss-reactive ketones (excluding diaryl/α,β-unsaturated/α-hetero) is 1. The van der Waals surface area contributed by atoms with Crippen LogP contribution in [0.2, 0.25) is 0 Å². The molecular weight excluding hydrogens is 267 g/mol. The summed E-state index contributed by atoms with van der Waals surface area (Å²) in [7, 11) is -0.806. The Morgan fingerprint density at radius 1 is 0.905 bits per heavy atom. The average Bonchev–Trinajstić information content (AvgIpc) is 2.63. The van der Waals surface area contributed by atoms with Crippen LogP contribution >= 0.6 is 0 Å². The van der Waals surface area contributed by atoms with Gasteiger partial charge in [0.05, 0.1) is 11.2 Å². The SMILES string of the molecule is CC1(C)OB(C2=CC(=O)c3ccccc3C2=O)OC1(C)C. The zero-order chi connectivity index (χ0) is 15.4. The molecule has 21 heavy (non-hydrogen) atoms. The highest BCUT2D eigenvalue weighted by atomic mass is 16.7. The number of hydrogen-bond donors (Lipinski definition) is 0. The van der Waals surface area contributed by atoms with Crippen LogP contribution in [0.4, 0.5) is 0 Å². The maximum atomic E-state index is 12.6. The third kappa shape index (κ3) is 2.08. The molecule has 0 radical (unpaired) electrons. The fourth-order valence-electron chi connectivity index (χ4n) is 2.48. The lowest BCUT2D eigenvalue weighted by Crippen LogP contribution is -2.41. The molecule has 3 rings (SSSR count). The monoisotopic (exact) mass is 284 g/mol. The Kier molecular flexibility index (Phi) is 2.97. The number of carbonyl (C=O) groups excluding carboxylic acids is 2. The predicted molar refractivity (Wildman–Crippen MR) is 79.3 cm³/mol. The maximum Gasteiger partial charge on any atom is 0.499 e. The average molecular weight is 284 g/mol. The first-order chi connectivity index (χ1) is 9.73. The van der Waals surface area contributed by atoms with Gasteiger partial charge in [-0.3, -0.25) is 9.59 Å². The number of fused-ring (bicyclic) bond motifs is 1. The summed E-state index contributed by atoms with van der Waals surface area (Å²) in [4.78, 5) is 24.8. The van der Waals surface area contributed by atoms with E-state index < -0.39 is 18.3 Å². The molecule has 0 aromatic heterocycles. The highest BCUT2D eigenvalue weighted by molar-refractivity contribution is 6.65. The van der Waals surface area contributed by atoms with Crippen LogP contribution in [-0.4, -0.2) is 29.9 Å². The van der Waals surface area contributed by atoms with E-state index in [1.165, 1.54) is 6.08 Å². The molecule has 0 saturated carbocycles. The minimum absolute atomic E-state index is 0.185. The minimum Gasteiger partial charge on any atom is -0.399 e. The number of allylic oxidation sites excluding steroid dienone is 2. The van der Waals surface area contributed by atoms with Gasteiger partial charge in [0, 0.05) is 16.6 Å². The van der Waals surface area contributed by atoms with Crippen LogP contribution in [0, 0.1) is 0 Å². The molecule has 2 aliphatic rings. The molecule has 0 N–H and O–H groups in total. The molecule has 0 atom stereocenters. The maximum absolute atomic E-state index is 12.6. The van der Waals surface area contributed by atoms with Gasteiger partial charge in [0.2, 0.25) is 0 Å². The van der Waals surface area contributed by atoms with Gasteiger partial charge in [-0.25, -0.2) is 0 Å². The second-order valence-corrected chi connectivity index (χ2v) is 6.43. The van der Waals surface area contributed by atoms with E-state index in [4.69, 9.17) is 9.31 Å². The normalized spacial score (nSPS) is 23.0. The molecule has 0 amide bonds. The van der Waals surface area contributed by atoms with Gasteiger partial charge in [-0.2, -0.15) is 0 Å². The van der Waals surface area contributed by atoms with E-state index in [0.29, 0.717) is 11.1 Å². The summed E-state index contributed by atoms with van der Waals surface area (Å²) in [6.45, 7) is 7.65. The van der Waals surface area contributed by atoms with Crippen molar-refractivity contribution in [3.63, 3.8) is 0 Å². The van der Waals surface area contributed by atoms with Gasteiger partial charge in [-0.05, 0) is 33.8 Å². The summed E-state index contributed by atoms with van der Waals surface area (Å²) in [5.41, 5.74) is 0.0345. The highest BCUT2D eigenvalue weighted by Crippen LogP contribution is 2.39. The van der Waals surface area contributed by atoms with Crippen molar-refractivity contribution in [2.75, 3.05) is 0 Å². The molecule has 4 nitrogen and oxygen atoms in total. The first kappa shape index (κ1) is 14.2. The molecule has 1 aromatic carbocycles. The molecule has 1 saturated heterocycles. The molecule has 5 heteroatoms. The smallest absolute Gasteiger partial charge is 0.399 e. The Bertz CT molecular complexity index is 657. The van der Waals surface area contributed by atoms with E-state index in [0.717, 1.165) is 0 Å². The van der Waals surface area contributed by atoms with Crippen LogP contribution in [-0.2, 0) is 9.31 Å². The van der Waals surface area contributed by atoms with Crippen molar-refractivity contribution < 1.29 is 18.9 Å². The first-order valence-electron chi connectivity index (χ1n) is 6.98. The van der Waals surface area contributed by atoms with Gasteiger partial charge < -0.3 is 9.31 Å². The number of rotatable bonds is 1. The summed E-state index contributed by atoms with van der Waals surface area (Å²) in [6, 6.07) is 6.82. The Hall–Kier alpha value is -1.72. The molecule has 1 fully saturated rings. The third-order valence-electron chi connectivity index (χ3n) is 4.49. The van der Waals surface area contributed by atoms with E-state index in [1.807, 2.05) is 27.7 Å². The van der Waals surface area contributed by atoms with Crippen LogP contribution in [0.25, 0.3) is 0 Å². The van der Waals surface area contributed by atoms with Crippen molar-refractivity contribution >= 4 is 18.7 Å². The lowest BCUT2D eigenvalue weighted by Gasteiger charge is -2.32. The molecule has 1 heterocycles. The topological polar surface area (TPSA) is 52.6 Å². The Balaban J connectivity index is 1.99.